The van der Waals surface area contributed by atoms with Crippen LogP contribution in [-0.4, -0.2) is 14.8 Å². The molecular formula is C16H16F3N5. The van der Waals surface area contributed by atoms with Crippen molar-refractivity contribution < 1.29 is 13.2 Å². The van der Waals surface area contributed by atoms with E-state index < -0.39 is 11.7 Å². The first-order valence-corrected chi connectivity index (χ1v) is 7.74. The Morgan fingerprint density at radius 1 is 1.42 bits per heavy atom. The fourth-order valence-electron chi connectivity index (χ4n) is 2.81. The highest BCUT2D eigenvalue weighted by molar-refractivity contribution is 5.59. The first-order valence-electron chi connectivity index (χ1n) is 7.74. The molecule has 0 radical (unpaired) electrons. The minimum Gasteiger partial charge on any atom is -0.374 e. The second kappa shape index (κ2) is 6.15. The van der Waals surface area contributed by atoms with Gasteiger partial charge in [-0.3, -0.25) is 0 Å². The number of halogens is 3. The molecule has 2 aromatic rings. The lowest BCUT2D eigenvalue weighted by Crippen LogP contribution is -2.23. The van der Waals surface area contributed by atoms with Gasteiger partial charge in [-0.2, -0.15) is 23.5 Å². The zero-order chi connectivity index (χ0) is 17.3. The van der Waals surface area contributed by atoms with Crippen molar-refractivity contribution in [3.05, 3.63) is 41.0 Å². The lowest BCUT2D eigenvalue weighted by atomic mass is 10.0. The fraction of sp³-hybridized carbons (Fsp3) is 0.438. The SMILES string of the molecule is CCc1nc2n(n1)CCCC2Nc1ccc(C(F)(F)F)cc1C#N. The van der Waals surface area contributed by atoms with E-state index >= 15 is 0 Å². The summed E-state index contributed by atoms with van der Waals surface area (Å²) in [6, 6.07) is 4.81. The number of aryl methyl sites for hydroxylation is 2. The number of nitriles is 1. The minimum atomic E-state index is -4.47. The highest BCUT2D eigenvalue weighted by atomic mass is 19.4. The second-order valence-electron chi connectivity index (χ2n) is 5.67. The zero-order valence-electron chi connectivity index (χ0n) is 13.1. The molecule has 3 rings (SSSR count). The summed E-state index contributed by atoms with van der Waals surface area (Å²) in [6.45, 7) is 2.74. The maximum absolute atomic E-state index is 12.8. The largest absolute Gasteiger partial charge is 0.416 e. The average Bonchev–Trinajstić information content (AvgIpc) is 2.98. The topological polar surface area (TPSA) is 66.5 Å². The van der Waals surface area contributed by atoms with Gasteiger partial charge in [0.2, 0.25) is 0 Å². The summed E-state index contributed by atoms with van der Waals surface area (Å²) in [6.07, 6.45) is -2.07. The minimum absolute atomic E-state index is 0.0304. The number of rotatable bonds is 3. The monoisotopic (exact) mass is 335 g/mol. The normalized spacial score (nSPS) is 17.2. The van der Waals surface area contributed by atoms with E-state index in [0.29, 0.717) is 5.69 Å². The summed E-state index contributed by atoms with van der Waals surface area (Å²) >= 11 is 0. The number of anilines is 1. The Kier molecular flexibility index (Phi) is 4.18. The highest BCUT2D eigenvalue weighted by Gasteiger charge is 2.31. The zero-order valence-corrected chi connectivity index (χ0v) is 13.1. The third kappa shape index (κ3) is 3.07. The van der Waals surface area contributed by atoms with Crippen molar-refractivity contribution in [2.24, 2.45) is 0 Å². The number of nitrogens with zero attached hydrogens (tertiary/aromatic N) is 4. The van der Waals surface area contributed by atoms with Gasteiger partial charge in [0, 0.05) is 13.0 Å². The summed E-state index contributed by atoms with van der Waals surface area (Å²) in [7, 11) is 0. The van der Waals surface area contributed by atoms with Crippen molar-refractivity contribution in [2.45, 2.75) is 44.9 Å². The lowest BCUT2D eigenvalue weighted by molar-refractivity contribution is -0.137. The molecule has 24 heavy (non-hydrogen) atoms. The second-order valence-corrected chi connectivity index (χ2v) is 5.67. The molecule has 0 spiro atoms. The Balaban J connectivity index is 1.90. The number of benzene rings is 1. The van der Waals surface area contributed by atoms with E-state index in [0.717, 1.165) is 49.6 Å². The molecule has 1 aromatic carbocycles. The highest BCUT2D eigenvalue weighted by Crippen LogP contribution is 2.34. The van der Waals surface area contributed by atoms with Gasteiger partial charge in [0.1, 0.15) is 11.9 Å². The first-order chi connectivity index (χ1) is 11.4. The Morgan fingerprint density at radius 3 is 2.88 bits per heavy atom. The van der Waals surface area contributed by atoms with E-state index in [1.807, 2.05) is 17.7 Å². The van der Waals surface area contributed by atoms with Crippen LogP contribution in [0.15, 0.2) is 18.2 Å². The van der Waals surface area contributed by atoms with Crippen molar-refractivity contribution in [1.82, 2.24) is 14.8 Å². The molecule has 8 heteroatoms. The summed E-state index contributed by atoms with van der Waals surface area (Å²) in [5, 5.41) is 16.7. The smallest absolute Gasteiger partial charge is 0.374 e. The standard InChI is InChI=1S/C16H16F3N5/c1-2-14-22-15-13(4-3-7-24(15)23-14)21-12-6-5-11(16(17,18)19)8-10(12)9-20/h5-6,8,13,21H,2-4,7H2,1H3. The molecule has 1 aliphatic rings. The molecule has 5 nitrogen and oxygen atoms in total. The predicted molar refractivity (Wildman–Crippen MR) is 81.2 cm³/mol. The van der Waals surface area contributed by atoms with E-state index in [1.165, 1.54) is 6.07 Å². The van der Waals surface area contributed by atoms with Crippen LogP contribution in [0.1, 0.15) is 48.6 Å². The van der Waals surface area contributed by atoms with Crippen LogP contribution in [0.5, 0.6) is 0 Å². The number of alkyl halides is 3. The van der Waals surface area contributed by atoms with Crippen LogP contribution in [0, 0.1) is 11.3 Å². The molecule has 0 aliphatic carbocycles. The summed E-state index contributed by atoms with van der Waals surface area (Å²) in [5.41, 5.74) is -0.480. The van der Waals surface area contributed by atoms with E-state index in [9.17, 15) is 18.4 Å². The molecule has 1 N–H and O–H groups in total. The molecule has 1 aromatic heterocycles. The third-order valence-corrected chi connectivity index (χ3v) is 4.03. The maximum atomic E-state index is 12.8. The molecule has 0 bridgehead atoms. The summed E-state index contributed by atoms with van der Waals surface area (Å²) < 4.78 is 40.2. The van der Waals surface area contributed by atoms with E-state index in [1.54, 1.807) is 0 Å². The van der Waals surface area contributed by atoms with Gasteiger partial charge in [0.15, 0.2) is 5.82 Å². The van der Waals surface area contributed by atoms with Gasteiger partial charge in [-0.15, -0.1) is 0 Å². The van der Waals surface area contributed by atoms with Gasteiger partial charge in [0.25, 0.3) is 0 Å². The van der Waals surface area contributed by atoms with Crippen molar-refractivity contribution in [3.63, 3.8) is 0 Å². The molecular weight excluding hydrogens is 319 g/mol. The predicted octanol–water partition coefficient (Wildman–Crippen LogP) is 3.68. The number of hydrogen-bond donors (Lipinski definition) is 1. The van der Waals surface area contributed by atoms with Gasteiger partial charge in [0.05, 0.1) is 22.9 Å². The Hall–Kier alpha value is -2.56. The van der Waals surface area contributed by atoms with Crippen molar-refractivity contribution in [3.8, 4) is 6.07 Å². The van der Waals surface area contributed by atoms with E-state index in [2.05, 4.69) is 15.4 Å². The fourth-order valence-corrected chi connectivity index (χ4v) is 2.81. The van der Waals surface area contributed by atoms with Gasteiger partial charge < -0.3 is 5.32 Å². The van der Waals surface area contributed by atoms with Crippen LogP contribution in [0.2, 0.25) is 0 Å². The quantitative estimate of drug-likeness (QED) is 0.929. The Labute approximate surface area is 137 Å². The molecule has 1 aliphatic heterocycles. The van der Waals surface area contributed by atoms with Crippen LogP contribution in [-0.2, 0) is 19.1 Å². The van der Waals surface area contributed by atoms with Crippen LogP contribution in [0.3, 0.4) is 0 Å². The Bertz CT molecular complexity index is 788. The van der Waals surface area contributed by atoms with E-state index in [-0.39, 0.29) is 11.6 Å². The first kappa shape index (κ1) is 16.3. The van der Waals surface area contributed by atoms with Crippen LogP contribution >= 0.6 is 0 Å². The maximum Gasteiger partial charge on any atom is 0.416 e. The molecule has 1 unspecified atom stereocenters. The molecule has 0 saturated carbocycles. The van der Waals surface area contributed by atoms with E-state index in [4.69, 9.17) is 0 Å². The number of hydrogen-bond acceptors (Lipinski definition) is 4. The molecule has 126 valence electrons. The van der Waals surface area contributed by atoms with Gasteiger partial charge >= 0.3 is 6.18 Å². The number of nitrogens with one attached hydrogen (secondary N) is 1. The number of fused-ring (bicyclic) bond motifs is 1. The number of aromatic nitrogens is 3. The lowest BCUT2D eigenvalue weighted by Gasteiger charge is -2.24. The van der Waals surface area contributed by atoms with Crippen LogP contribution < -0.4 is 5.32 Å². The van der Waals surface area contributed by atoms with Crippen LogP contribution in [0.4, 0.5) is 18.9 Å². The third-order valence-electron chi connectivity index (χ3n) is 4.03. The summed E-state index contributed by atoms with van der Waals surface area (Å²) in [4.78, 5) is 4.49. The molecule has 1 atom stereocenters. The Morgan fingerprint density at radius 2 is 2.21 bits per heavy atom. The van der Waals surface area contributed by atoms with Crippen molar-refractivity contribution in [1.29, 1.82) is 5.26 Å². The van der Waals surface area contributed by atoms with Gasteiger partial charge in [-0.1, -0.05) is 6.92 Å². The van der Waals surface area contributed by atoms with Gasteiger partial charge in [-0.25, -0.2) is 9.67 Å². The van der Waals surface area contributed by atoms with Gasteiger partial charge in [-0.05, 0) is 31.0 Å². The molecule has 2 heterocycles. The molecule has 0 fully saturated rings. The van der Waals surface area contributed by atoms with Crippen LogP contribution in [0.25, 0.3) is 0 Å². The molecule has 0 saturated heterocycles. The average molecular weight is 335 g/mol. The van der Waals surface area contributed by atoms with Crippen molar-refractivity contribution >= 4 is 5.69 Å². The summed E-state index contributed by atoms with van der Waals surface area (Å²) in [5.74, 6) is 1.51. The molecule has 0 amide bonds. The van der Waals surface area contributed by atoms with Crippen molar-refractivity contribution in [2.75, 3.05) is 5.32 Å².